The van der Waals surface area contributed by atoms with E-state index in [9.17, 15) is 67.7 Å². The predicted octanol–water partition coefficient (Wildman–Crippen LogP) is -5.78. The van der Waals surface area contributed by atoms with Crippen molar-refractivity contribution in [1.82, 2.24) is 47.5 Å². The summed E-state index contributed by atoms with van der Waals surface area (Å²) in [4.78, 5) is 157. The number of carbonyl (C=O) groups is 12. The van der Waals surface area contributed by atoms with E-state index in [-0.39, 0.29) is 38.6 Å². The Balaban J connectivity index is 2.20. The van der Waals surface area contributed by atoms with Gasteiger partial charge in [-0.05, 0) is 70.0 Å². The molecule has 1 aromatic carbocycles. The Hall–Kier alpha value is -7.72. The van der Waals surface area contributed by atoms with Crippen LogP contribution >= 0.6 is 0 Å². The zero-order valence-electron chi connectivity index (χ0n) is 41.1. The van der Waals surface area contributed by atoms with E-state index < -0.39 is 157 Å². The average molecular weight is 1030 g/mol. The highest BCUT2D eigenvalue weighted by Gasteiger charge is 2.35. The Bertz CT molecular complexity index is 2310. The number of aliphatic hydroxyl groups is 1. The predicted molar refractivity (Wildman–Crippen MR) is 260 cm³/mol. The van der Waals surface area contributed by atoms with E-state index in [4.69, 9.17) is 28.7 Å². The van der Waals surface area contributed by atoms with Crippen LogP contribution in [0.2, 0.25) is 0 Å². The van der Waals surface area contributed by atoms with Crippen molar-refractivity contribution >= 4 is 81.9 Å². The fraction of sp³-hybridized carbons (Fsp3) is 0.556. The molecule has 1 heterocycles. The van der Waals surface area contributed by atoms with Crippen molar-refractivity contribution in [3.63, 3.8) is 0 Å². The summed E-state index contributed by atoms with van der Waals surface area (Å²) in [6, 6.07) is -6.14. The molecule has 0 aliphatic rings. The number of unbranched alkanes of at least 4 members (excludes halogenated alkanes) is 1. The van der Waals surface area contributed by atoms with Gasteiger partial charge in [0.05, 0.1) is 19.1 Å². The zero-order chi connectivity index (χ0) is 55.1. The van der Waals surface area contributed by atoms with E-state index in [0.29, 0.717) is 17.4 Å². The lowest BCUT2D eigenvalue weighted by Crippen LogP contribution is -2.61. The van der Waals surface area contributed by atoms with Crippen LogP contribution in [0.25, 0.3) is 10.9 Å². The van der Waals surface area contributed by atoms with Crippen LogP contribution in [0.4, 0.5) is 0 Å². The number of aromatic nitrogens is 1. The number of benzene rings is 1. The molecule has 0 saturated carbocycles. The summed E-state index contributed by atoms with van der Waals surface area (Å²) in [5, 5.41) is 39.6. The number of amides is 11. The highest BCUT2D eigenvalue weighted by molar-refractivity contribution is 5.99. The molecule has 0 spiro atoms. The average Bonchev–Trinajstić information content (AvgIpc) is 3.73. The molecule has 2 rings (SSSR count). The van der Waals surface area contributed by atoms with Gasteiger partial charge in [-0.3, -0.25) is 52.7 Å². The molecule has 0 unspecified atom stereocenters. The number of H-pyrrole nitrogens is 1. The van der Waals surface area contributed by atoms with Crippen molar-refractivity contribution in [2.75, 3.05) is 13.2 Å². The lowest BCUT2D eigenvalue weighted by Gasteiger charge is -2.28. The van der Waals surface area contributed by atoms with Crippen LogP contribution in [0.15, 0.2) is 30.5 Å². The maximum atomic E-state index is 13.9. The van der Waals surface area contributed by atoms with E-state index in [1.807, 2.05) is 0 Å². The van der Waals surface area contributed by atoms with Gasteiger partial charge in [0.25, 0.3) is 0 Å². The molecule has 0 saturated heterocycles. The number of rotatable bonds is 33. The van der Waals surface area contributed by atoms with E-state index in [1.54, 1.807) is 44.3 Å². The van der Waals surface area contributed by atoms with E-state index in [0.717, 1.165) is 5.52 Å². The van der Waals surface area contributed by atoms with Gasteiger partial charge in [0, 0.05) is 36.4 Å². The van der Waals surface area contributed by atoms with Gasteiger partial charge in [0.1, 0.15) is 48.3 Å². The second-order valence-electron chi connectivity index (χ2n) is 17.7. The molecule has 2 aromatic rings. The quantitative estimate of drug-likeness (QED) is 0.0296. The van der Waals surface area contributed by atoms with Crippen molar-refractivity contribution < 1.29 is 67.7 Å². The number of aliphatic carboxylic acids is 1. The summed E-state index contributed by atoms with van der Waals surface area (Å²) in [6.45, 7) is 4.79. The standard InChI is InChI=1S/C45H70N14O14/c1-21(2)36(59-38(65)23(4)53-40(67)29(13-15-34(49)62)54-43(70)32(20-60)58-37(64)22(3)52-39(66)26(47)12-14-33(48)61)44(71)55-28(11-7-8-16-46)41(68)56-30(18-35(50)63)42(69)57-31(45(72)73)17-24-19-51-27-10-6-5-9-25(24)27/h5-6,9-10,19,21-23,26,28-32,36,51,60H,7-8,11-18,20,46-47H2,1-4H3,(H2,48,61)(H2,49,62)(H2,50,63)(H,52,66)(H,53,67)(H,54,70)(H,55,71)(H,56,68)(H,57,69)(H,58,64)(H,59,65)(H,72,73)/t22-,23-,26-,28-,29-,30-,31-,32-,36-/m0/s1. The van der Waals surface area contributed by atoms with Crippen molar-refractivity contribution in [3.8, 4) is 0 Å². The van der Waals surface area contributed by atoms with E-state index in [1.165, 1.54) is 13.8 Å². The summed E-state index contributed by atoms with van der Waals surface area (Å²) >= 11 is 0. The molecule has 28 nitrogen and oxygen atoms in total. The van der Waals surface area contributed by atoms with Crippen LogP contribution in [0.1, 0.15) is 84.6 Å². The van der Waals surface area contributed by atoms with Crippen LogP contribution < -0.4 is 71.2 Å². The van der Waals surface area contributed by atoms with Gasteiger partial charge in [-0.15, -0.1) is 0 Å². The fourth-order valence-electron chi connectivity index (χ4n) is 7.02. The first kappa shape index (κ1) is 61.4. The maximum absolute atomic E-state index is 13.9. The first-order chi connectivity index (χ1) is 34.3. The number of carboxylic acid groups (broad SMARTS) is 1. The summed E-state index contributed by atoms with van der Waals surface area (Å²) in [7, 11) is 0. The van der Waals surface area contributed by atoms with Crippen LogP contribution in [-0.4, -0.2) is 154 Å². The third-order valence-corrected chi connectivity index (χ3v) is 11.2. The number of nitrogens with one attached hydrogen (secondary N) is 9. The van der Waals surface area contributed by atoms with Crippen LogP contribution in [0, 0.1) is 5.92 Å². The highest BCUT2D eigenvalue weighted by atomic mass is 16.4. The fourth-order valence-corrected chi connectivity index (χ4v) is 7.02. The van der Waals surface area contributed by atoms with Gasteiger partial charge in [-0.2, -0.15) is 0 Å². The van der Waals surface area contributed by atoms with E-state index in [2.05, 4.69) is 47.5 Å². The number of para-hydroxylation sites is 1. The molecule has 404 valence electrons. The Morgan fingerprint density at radius 1 is 0.562 bits per heavy atom. The number of carboxylic acids is 1. The number of nitrogens with two attached hydrogens (primary N) is 5. The normalized spacial score (nSPS) is 14.8. The van der Waals surface area contributed by atoms with Crippen molar-refractivity contribution in [2.24, 2.45) is 34.6 Å². The van der Waals surface area contributed by atoms with Crippen LogP contribution in [0.5, 0.6) is 0 Å². The minimum atomic E-state index is -1.71. The molecule has 9 atom stereocenters. The molecule has 1 aromatic heterocycles. The SMILES string of the molecule is CC(C)[C@H](NC(=O)[C@H](C)NC(=O)[C@H](CCC(N)=O)NC(=O)[C@H](CO)NC(=O)[C@H](C)NC(=O)[C@@H](N)CCC(N)=O)C(=O)N[C@@H](CCCCN)C(=O)N[C@@H](CC(N)=O)C(=O)N[C@@H](Cc1c[nH]c2ccccc12)C(=O)O. The molecule has 0 fully saturated rings. The first-order valence-electron chi connectivity index (χ1n) is 23.4. The Kier molecular flexibility index (Phi) is 25.4. The number of aliphatic hydroxyl groups excluding tert-OH is 1. The Morgan fingerprint density at radius 2 is 1.05 bits per heavy atom. The highest BCUT2D eigenvalue weighted by Crippen LogP contribution is 2.19. The lowest BCUT2D eigenvalue weighted by atomic mass is 10.0. The van der Waals surface area contributed by atoms with Crippen molar-refractivity contribution in [2.45, 2.75) is 140 Å². The molecule has 73 heavy (non-hydrogen) atoms. The minimum absolute atomic E-state index is 0.0492. The van der Waals surface area contributed by atoms with Crippen LogP contribution in [-0.2, 0) is 64.0 Å². The molecular weight excluding hydrogens is 961 g/mol. The molecule has 0 radical (unpaired) electrons. The second kappa shape index (κ2) is 30.2. The van der Waals surface area contributed by atoms with Gasteiger partial charge >= 0.3 is 5.97 Å². The molecule has 11 amide bonds. The minimum Gasteiger partial charge on any atom is -0.480 e. The Morgan fingerprint density at radius 3 is 1.63 bits per heavy atom. The smallest absolute Gasteiger partial charge is 0.326 e. The molecule has 21 N–H and O–H groups in total. The summed E-state index contributed by atoms with van der Waals surface area (Å²) < 4.78 is 0. The second-order valence-corrected chi connectivity index (χ2v) is 17.7. The van der Waals surface area contributed by atoms with Crippen molar-refractivity contribution in [1.29, 1.82) is 0 Å². The number of fused-ring (bicyclic) bond motifs is 1. The number of primary amides is 3. The number of aromatic amines is 1. The topological polar surface area (TPSA) is 487 Å². The largest absolute Gasteiger partial charge is 0.480 e. The van der Waals surface area contributed by atoms with Gasteiger partial charge in [0.2, 0.25) is 65.0 Å². The van der Waals surface area contributed by atoms with Crippen LogP contribution in [0.3, 0.4) is 0 Å². The molecule has 0 aliphatic carbocycles. The lowest BCUT2D eigenvalue weighted by molar-refractivity contribution is -0.142. The summed E-state index contributed by atoms with van der Waals surface area (Å²) in [5.74, 6) is -12.4. The zero-order valence-corrected chi connectivity index (χ0v) is 41.1. The first-order valence-corrected chi connectivity index (χ1v) is 23.4. The number of hydrogen-bond acceptors (Lipinski definition) is 15. The van der Waals surface area contributed by atoms with Crippen molar-refractivity contribution in [3.05, 3.63) is 36.0 Å². The molecule has 28 heteroatoms. The maximum Gasteiger partial charge on any atom is 0.326 e. The summed E-state index contributed by atoms with van der Waals surface area (Å²) in [5.41, 5.74) is 28.4. The monoisotopic (exact) mass is 1030 g/mol. The van der Waals surface area contributed by atoms with Gasteiger partial charge in [0.15, 0.2) is 0 Å². The molecule has 0 aliphatic heterocycles. The molecular formula is C45H70N14O14. The van der Waals surface area contributed by atoms with E-state index >= 15 is 0 Å². The third kappa shape index (κ3) is 20.9. The molecule has 0 bridgehead atoms. The van der Waals surface area contributed by atoms with Gasteiger partial charge in [-0.1, -0.05) is 32.0 Å². The van der Waals surface area contributed by atoms with Gasteiger partial charge < -0.3 is 86.4 Å². The van der Waals surface area contributed by atoms with Gasteiger partial charge in [-0.25, -0.2) is 4.79 Å². The number of carbonyl (C=O) groups excluding carboxylic acids is 11. The summed E-state index contributed by atoms with van der Waals surface area (Å²) in [6.07, 6.45) is 0.113. The third-order valence-electron chi connectivity index (χ3n) is 11.2. The Labute approximate surface area is 419 Å². The number of hydrogen-bond donors (Lipinski definition) is 16.